The predicted molar refractivity (Wildman–Crippen MR) is 64.6 cm³/mol. The summed E-state index contributed by atoms with van der Waals surface area (Å²) in [6, 6.07) is 7.80. The third kappa shape index (κ3) is 10.4. The van der Waals surface area contributed by atoms with Crippen LogP contribution >= 0.6 is 0 Å². The normalized spacial score (nSPS) is 7.53. The standard InChI is InChI=1S/C7H9N.C3H6O2.C2H6/c1-6-4-2-3-5-7(6)8;1-3(4)5-2;1-2/h2-5H,8H2,1H3;1-2H3;1-2H3. The van der Waals surface area contributed by atoms with Gasteiger partial charge in [-0.1, -0.05) is 32.0 Å². The summed E-state index contributed by atoms with van der Waals surface area (Å²) < 4.78 is 4.11. The molecule has 0 amide bonds. The number of carbonyl (C=O) groups is 1. The summed E-state index contributed by atoms with van der Waals surface area (Å²) in [6.07, 6.45) is 0. The minimum Gasteiger partial charge on any atom is -0.469 e. The summed E-state index contributed by atoms with van der Waals surface area (Å²) >= 11 is 0. The number of hydrogen-bond acceptors (Lipinski definition) is 3. The number of benzene rings is 1. The van der Waals surface area contributed by atoms with Crippen LogP contribution < -0.4 is 5.73 Å². The predicted octanol–water partition coefficient (Wildman–Crippen LogP) is 2.78. The van der Waals surface area contributed by atoms with Crippen LogP contribution in [-0.2, 0) is 9.53 Å². The van der Waals surface area contributed by atoms with E-state index < -0.39 is 0 Å². The maximum atomic E-state index is 9.59. The number of para-hydroxylation sites is 1. The first-order valence-electron chi connectivity index (χ1n) is 4.93. The van der Waals surface area contributed by atoms with Crippen LogP contribution in [0.5, 0.6) is 0 Å². The molecule has 1 rings (SSSR count). The number of ether oxygens (including phenoxy) is 1. The number of aryl methyl sites for hydroxylation is 1. The summed E-state index contributed by atoms with van der Waals surface area (Å²) in [7, 11) is 1.35. The third-order valence-corrected chi connectivity index (χ3v) is 1.48. The summed E-state index contributed by atoms with van der Waals surface area (Å²) in [6.45, 7) is 7.36. The molecule has 15 heavy (non-hydrogen) atoms. The fourth-order valence-corrected chi connectivity index (χ4v) is 0.587. The molecule has 0 radical (unpaired) electrons. The Morgan fingerprint density at radius 2 is 1.67 bits per heavy atom. The van der Waals surface area contributed by atoms with Gasteiger partial charge in [0, 0.05) is 12.6 Å². The Morgan fingerprint density at radius 1 is 1.27 bits per heavy atom. The SMILES string of the molecule is CC.COC(C)=O.Cc1ccccc1N. The Kier molecular flexibility index (Phi) is 11.2. The van der Waals surface area contributed by atoms with Gasteiger partial charge in [0.05, 0.1) is 7.11 Å². The average molecular weight is 211 g/mol. The molecule has 0 aromatic heterocycles. The van der Waals surface area contributed by atoms with Gasteiger partial charge in [0.25, 0.3) is 0 Å². The fraction of sp³-hybridized carbons (Fsp3) is 0.417. The van der Waals surface area contributed by atoms with Crippen molar-refractivity contribution in [1.82, 2.24) is 0 Å². The fourth-order valence-electron chi connectivity index (χ4n) is 0.587. The summed E-state index contributed by atoms with van der Waals surface area (Å²) in [5, 5.41) is 0. The van der Waals surface area contributed by atoms with Crippen molar-refractivity contribution in [3.8, 4) is 0 Å². The van der Waals surface area contributed by atoms with Crippen molar-refractivity contribution in [3.63, 3.8) is 0 Å². The topological polar surface area (TPSA) is 52.3 Å². The zero-order chi connectivity index (χ0) is 12.3. The highest BCUT2D eigenvalue weighted by Gasteiger charge is 1.84. The molecule has 0 saturated carbocycles. The van der Waals surface area contributed by atoms with Gasteiger partial charge in [0.15, 0.2) is 0 Å². The minimum absolute atomic E-state index is 0.245. The van der Waals surface area contributed by atoms with Crippen molar-refractivity contribution in [2.75, 3.05) is 12.8 Å². The molecule has 0 spiro atoms. The smallest absolute Gasteiger partial charge is 0.302 e. The molecule has 1 aromatic carbocycles. The van der Waals surface area contributed by atoms with Crippen LogP contribution in [0.15, 0.2) is 24.3 Å². The van der Waals surface area contributed by atoms with Crippen molar-refractivity contribution in [1.29, 1.82) is 0 Å². The molecule has 1 aromatic rings. The lowest BCUT2D eigenvalue weighted by atomic mass is 10.2. The number of anilines is 1. The maximum Gasteiger partial charge on any atom is 0.302 e. The summed E-state index contributed by atoms with van der Waals surface area (Å²) in [5.74, 6) is -0.245. The zero-order valence-corrected chi connectivity index (χ0v) is 10.2. The largest absolute Gasteiger partial charge is 0.469 e. The number of nitrogen functional groups attached to an aromatic ring is 1. The van der Waals surface area contributed by atoms with Crippen LogP contribution in [0.3, 0.4) is 0 Å². The molecule has 0 aliphatic carbocycles. The average Bonchev–Trinajstić information content (AvgIpc) is 2.26. The molecule has 0 bridgehead atoms. The van der Waals surface area contributed by atoms with E-state index >= 15 is 0 Å². The maximum absolute atomic E-state index is 9.59. The van der Waals surface area contributed by atoms with E-state index in [9.17, 15) is 4.79 Å². The number of carbonyl (C=O) groups excluding carboxylic acids is 1. The first-order chi connectivity index (χ1) is 7.07. The molecule has 2 N–H and O–H groups in total. The van der Waals surface area contributed by atoms with Crippen LogP contribution in [0.25, 0.3) is 0 Å². The second kappa shape index (κ2) is 10.6. The van der Waals surface area contributed by atoms with Crippen molar-refractivity contribution >= 4 is 11.7 Å². The molecule has 86 valence electrons. The highest BCUT2D eigenvalue weighted by molar-refractivity contribution is 5.65. The van der Waals surface area contributed by atoms with Gasteiger partial charge < -0.3 is 10.5 Å². The Morgan fingerprint density at radius 3 is 1.87 bits per heavy atom. The van der Waals surface area contributed by atoms with Crippen LogP contribution in [0, 0.1) is 6.92 Å². The Bertz CT molecular complexity index is 251. The molecule has 3 nitrogen and oxygen atoms in total. The quantitative estimate of drug-likeness (QED) is 0.530. The van der Waals surface area contributed by atoms with Crippen LogP contribution in [0.4, 0.5) is 5.69 Å². The summed E-state index contributed by atoms with van der Waals surface area (Å²) in [5.41, 5.74) is 7.53. The van der Waals surface area contributed by atoms with E-state index in [1.165, 1.54) is 14.0 Å². The van der Waals surface area contributed by atoms with Crippen LogP contribution in [0.1, 0.15) is 26.3 Å². The molecular weight excluding hydrogens is 190 g/mol. The van der Waals surface area contributed by atoms with Crippen LogP contribution in [-0.4, -0.2) is 13.1 Å². The molecule has 3 heteroatoms. The van der Waals surface area contributed by atoms with Gasteiger partial charge in [-0.2, -0.15) is 0 Å². The van der Waals surface area contributed by atoms with Crippen molar-refractivity contribution in [3.05, 3.63) is 29.8 Å². The third-order valence-electron chi connectivity index (χ3n) is 1.48. The number of esters is 1. The van der Waals surface area contributed by atoms with Crippen molar-refractivity contribution < 1.29 is 9.53 Å². The Balaban J connectivity index is 0. The number of hydrogen-bond donors (Lipinski definition) is 1. The van der Waals surface area contributed by atoms with E-state index in [0.29, 0.717) is 0 Å². The highest BCUT2D eigenvalue weighted by Crippen LogP contribution is 2.06. The second-order valence-corrected chi connectivity index (χ2v) is 2.55. The van der Waals surface area contributed by atoms with Gasteiger partial charge in [-0.15, -0.1) is 0 Å². The van der Waals surface area contributed by atoms with Crippen molar-refractivity contribution in [2.24, 2.45) is 0 Å². The molecule has 0 aliphatic rings. The molecule has 0 aliphatic heterocycles. The van der Waals surface area contributed by atoms with E-state index in [0.717, 1.165) is 11.3 Å². The number of rotatable bonds is 0. The lowest BCUT2D eigenvalue weighted by molar-refractivity contribution is -0.137. The summed E-state index contributed by atoms with van der Waals surface area (Å²) in [4.78, 5) is 9.59. The van der Waals surface area contributed by atoms with E-state index in [4.69, 9.17) is 5.73 Å². The first-order valence-corrected chi connectivity index (χ1v) is 4.93. The van der Waals surface area contributed by atoms with Gasteiger partial charge in [-0.3, -0.25) is 4.79 Å². The zero-order valence-electron chi connectivity index (χ0n) is 10.2. The van der Waals surface area contributed by atoms with Crippen molar-refractivity contribution in [2.45, 2.75) is 27.7 Å². The number of nitrogens with two attached hydrogens (primary N) is 1. The van der Waals surface area contributed by atoms with Gasteiger partial charge in [0.1, 0.15) is 0 Å². The van der Waals surface area contributed by atoms with Crippen LogP contribution in [0.2, 0.25) is 0 Å². The van der Waals surface area contributed by atoms with Gasteiger partial charge in [-0.05, 0) is 18.6 Å². The minimum atomic E-state index is -0.245. The highest BCUT2D eigenvalue weighted by atomic mass is 16.5. The molecule has 0 unspecified atom stereocenters. The van der Waals surface area contributed by atoms with E-state index in [1.807, 2.05) is 45.0 Å². The molecule has 0 saturated heterocycles. The molecule has 0 fully saturated rings. The molecule has 0 atom stereocenters. The lowest BCUT2D eigenvalue weighted by Crippen LogP contribution is -1.88. The van der Waals surface area contributed by atoms with Gasteiger partial charge in [0.2, 0.25) is 0 Å². The lowest BCUT2D eigenvalue weighted by Gasteiger charge is -1.93. The van der Waals surface area contributed by atoms with E-state index in [2.05, 4.69) is 4.74 Å². The van der Waals surface area contributed by atoms with E-state index in [-0.39, 0.29) is 5.97 Å². The first kappa shape index (κ1) is 15.9. The Labute approximate surface area is 92.2 Å². The monoisotopic (exact) mass is 211 g/mol. The van der Waals surface area contributed by atoms with E-state index in [1.54, 1.807) is 0 Å². The number of methoxy groups -OCH3 is 1. The van der Waals surface area contributed by atoms with Gasteiger partial charge >= 0.3 is 5.97 Å². The Hall–Kier alpha value is -1.51. The second-order valence-electron chi connectivity index (χ2n) is 2.55. The molecular formula is C12H21NO2. The molecule has 0 heterocycles. The van der Waals surface area contributed by atoms with Gasteiger partial charge in [-0.25, -0.2) is 0 Å².